The molecule has 0 aliphatic rings. The molecule has 0 fully saturated rings. The summed E-state index contributed by atoms with van der Waals surface area (Å²) in [4.78, 5) is 11.9. The Morgan fingerprint density at radius 1 is 1.39 bits per heavy atom. The Morgan fingerprint density at radius 2 is 2.11 bits per heavy atom. The first kappa shape index (κ1) is 14.8. The fourth-order valence-corrected chi connectivity index (χ4v) is 1.65. The third-order valence-corrected chi connectivity index (χ3v) is 2.61. The molecule has 1 amide bonds. The Morgan fingerprint density at radius 3 is 2.72 bits per heavy atom. The highest BCUT2D eigenvalue weighted by molar-refractivity contribution is 6.30. The van der Waals surface area contributed by atoms with E-state index in [0.717, 1.165) is 6.54 Å². The zero-order valence-corrected chi connectivity index (χ0v) is 11.7. The zero-order chi connectivity index (χ0) is 13.5. The van der Waals surface area contributed by atoms with Crippen molar-refractivity contribution >= 4 is 17.5 Å². The van der Waals surface area contributed by atoms with Crippen LogP contribution < -0.4 is 15.4 Å². The fourth-order valence-electron chi connectivity index (χ4n) is 1.48. The highest BCUT2D eigenvalue weighted by Crippen LogP contribution is 2.22. The molecular weight excluding hydrogens is 252 g/mol. The van der Waals surface area contributed by atoms with E-state index in [9.17, 15) is 4.79 Å². The number of halogens is 1. The van der Waals surface area contributed by atoms with E-state index in [1.807, 2.05) is 0 Å². The molecule has 1 aromatic rings. The van der Waals surface area contributed by atoms with E-state index in [1.54, 1.807) is 18.2 Å². The number of rotatable bonds is 6. The summed E-state index contributed by atoms with van der Waals surface area (Å²) >= 11 is 5.84. The molecule has 0 atom stereocenters. The number of carbonyl (C=O) groups is 1. The van der Waals surface area contributed by atoms with Crippen molar-refractivity contribution in [2.75, 3.05) is 20.2 Å². The smallest absolute Gasteiger partial charge is 0.255 e. The summed E-state index contributed by atoms with van der Waals surface area (Å²) in [7, 11) is 1.52. The fraction of sp³-hybridized carbons (Fsp3) is 0.462. The number of nitrogens with one attached hydrogen (secondary N) is 2. The number of amides is 1. The lowest BCUT2D eigenvalue weighted by molar-refractivity contribution is 0.0950. The molecule has 2 N–H and O–H groups in total. The van der Waals surface area contributed by atoms with Gasteiger partial charge in [-0.15, -0.1) is 0 Å². The maximum absolute atomic E-state index is 11.9. The monoisotopic (exact) mass is 270 g/mol. The minimum atomic E-state index is -0.158. The third-order valence-electron chi connectivity index (χ3n) is 2.37. The van der Waals surface area contributed by atoms with Crippen LogP contribution in [0.2, 0.25) is 5.02 Å². The van der Waals surface area contributed by atoms with E-state index >= 15 is 0 Å². The van der Waals surface area contributed by atoms with E-state index < -0.39 is 0 Å². The highest BCUT2D eigenvalue weighted by Gasteiger charge is 2.11. The maximum Gasteiger partial charge on any atom is 0.255 e. The highest BCUT2D eigenvalue weighted by atomic mass is 35.5. The lowest BCUT2D eigenvalue weighted by Crippen LogP contribution is -2.34. The number of ether oxygens (including phenoxy) is 1. The summed E-state index contributed by atoms with van der Waals surface area (Å²) in [5.41, 5.74) is 0.492. The van der Waals surface area contributed by atoms with Gasteiger partial charge in [-0.25, -0.2) is 0 Å². The van der Waals surface area contributed by atoms with Crippen LogP contribution in [0.4, 0.5) is 0 Å². The summed E-state index contributed by atoms with van der Waals surface area (Å²) < 4.78 is 5.13. The van der Waals surface area contributed by atoms with Crippen LogP contribution in [0.3, 0.4) is 0 Å². The molecule has 0 aromatic heterocycles. The SMILES string of the molecule is COc1cc(Cl)ccc1C(=O)NCCNC(C)C. The molecule has 0 bridgehead atoms. The van der Waals surface area contributed by atoms with Gasteiger partial charge in [0.25, 0.3) is 5.91 Å². The van der Waals surface area contributed by atoms with Crippen LogP contribution in [-0.4, -0.2) is 32.1 Å². The van der Waals surface area contributed by atoms with Gasteiger partial charge in [0.2, 0.25) is 0 Å². The Hall–Kier alpha value is -1.26. The van der Waals surface area contributed by atoms with Crippen molar-refractivity contribution in [1.82, 2.24) is 10.6 Å². The lowest BCUT2D eigenvalue weighted by atomic mass is 10.2. The molecule has 100 valence electrons. The predicted molar refractivity (Wildman–Crippen MR) is 73.5 cm³/mol. The normalized spacial score (nSPS) is 10.5. The van der Waals surface area contributed by atoms with E-state index in [4.69, 9.17) is 16.3 Å². The van der Waals surface area contributed by atoms with Gasteiger partial charge in [-0.3, -0.25) is 4.79 Å². The molecule has 4 nitrogen and oxygen atoms in total. The molecule has 0 heterocycles. The van der Waals surface area contributed by atoms with Gasteiger partial charge in [0.15, 0.2) is 0 Å². The minimum absolute atomic E-state index is 0.158. The second kappa shape index (κ2) is 7.24. The van der Waals surface area contributed by atoms with Gasteiger partial charge in [-0.05, 0) is 18.2 Å². The first-order valence-corrected chi connectivity index (χ1v) is 6.27. The van der Waals surface area contributed by atoms with Gasteiger partial charge in [-0.1, -0.05) is 25.4 Å². The lowest BCUT2D eigenvalue weighted by Gasteiger charge is -2.11. The van der Waals surface area contributed by atoms with Crippen molar-refractivity contribution in [1.29, 1.82) is 0 Å². The van der Waals surface area contributed by atoms with Crippen LogP contribution in [0.15, 0.2) is 18.2 Å². The molecule has 1 rings (SSSR count). The second-order valence-corrected chi connectivity index (χ2v) is 4.65. The maximum atomic E-state index is 11.9. The molecule has 0 aliphatic carbocycles. The Balaban J connectivity index is 2.56. The summed E-state index contributed by atoms with van der Waals surface area (Å²) in [6.45, 7) is 5.43. The Labute approximate surface area is 113 Å². The average molecular weight is 271 g/mol. The molecular formula is C13H19ClN2O2. The molecule has 0 saturated heterocycles. The topological polar surface area (TPSA) is 50.4 Å². The molecule has 0 radical (unpaired) electrons. The molecule has 5 heteroatoms. The van der Waals surface area contributed by atoms with Crippen molar-refractivity contribution in [2.24, 2.45) is 0 Å². The number of methoxy groups -OCH3 is 1. The van der Waals surface area contributed by atoms with Crippen molar-refractivity contribution < 1.29 is 9.53 Å². The standard InChI is InChI=1S/C13H19ClN2O2/c1-9(2)15-6-7-16-13(17)11-5-4-10(14)8-12(11)18-3/h4-5,8-9,15H,6-7H2,1-3H3,(H,16,17). The molecule has 0 saturated carbocycles. The van der Waals surface area contributed by atoms with Crippen LogP contribution in [0, 0.1) is 0 Å². The predicted octanol–water partition coefficient (Wildman–Crippen LogP) is 2.08. The minimum Gasteiger partial charge on any atom is -0.496 e. The van der Waals surface area contributed by atoms with Crippen molar-refractivity contribution in [3.63, 3.8) is 0 Å². The second-order valence-electron chi connectivity index (χ2n) is 4.21. The van der Waals surface area contributed by atoms with E-state index in [1.165, 1.54) is 7.11 Å². The molecule has 18 heavy (non-hydrogen) atoms. The van der Waals surface area contributed by atoms with Gasteiger partial charge < -0.3 is 15.4 Å². The van der Waals surface area contributed by atoms with Gasteiger partial charge in [0, 0.05) is 24.2 Å². The van der Waals surface area contributed by atoms with Crippen LogP contribution in [-0.2, 0) is 0 Å². The average Bonchev–Trinajstić information content (AvgIpc) is 2.33. The van der Waals surface area contributed by atoms with Crippen LogP contribution in [0.5, 0.6) is 5.75 Å². The largest absolute Gasteiger partial charge is 0.496 e. The first-order valence-electron chi connectivity index (χ1n) is 5.89. The summed E-state index contributed by atoms with van der Waals surface area (Å²) in [6, 6.07) is 5.37. The van der Waals surface area contributed by atoms with Crippen LogP contribution >= 0.6 is 11.6 Å². The zero-order valence-electron chi connectivity index (χ0n) is 10.9. The van der Waals surface area contributed by atoms with Crippen molar-refractivity contribution in [3.8, 4) is 5.75 Å². The van der Waals surface area contributed by atoms with Crippen molar-refractivity contribution in [2.45, 2.75) is 19.9 Å². The van der Waals surface area contributed by atoms with E-state index in [0.29, 0.717) is 28.9 Å². The number of hydrogen-bond acceptors (Lipinski definition) is 3. The molecule has 0 spiro atoms. The van der Waals surface area contributed by atoms with Gasteiger partial charge in [-0.2, -0.15) is 0 Å². The van der Waals surface area contributed by atoms with Crippen LogP contribution in [0.1, 0.15) is 24.2 Å². The van der Waals surface area contributed by atoms with Crippen LogP contribution in [0.25, 0.3) is 0 Å². The third kappa shape index (κ3) is 4.55. The Kier molecular flexibility index (Phi) is 5.95. The molecule has 1 aromatic carbocycles. The van der Waals surface area contributed by atoms with Crippen molar-refractivity contribution in [3.05, 3.63) is 28.8 Å². The summed E-state index contributed by atoms with van der Waals surface area (Å²) in [5.74, 6) is 0.325. The quantitative estimate of drug-likeness (QED) is 0.778. The molecule has 0 unspecified atom stereocenters. The number of carbonyl (C=O) groups excluding carboxylic acids is 1. The molecule has 0 aliphatic heterocycles. The van der Waals surface area contributed by atoms with Gasteiger partial charge in [0.05, 0.1) is 12.7 Å². The van der Waals surface area contributed by atoms with Gasteiger partial charge >= 0.3 is 0 Å². The number of benzene rings is 1. The van der Waals surface area contributed by atoms with E-state index in [2.05, 4.69) is 24.5 Å². The number of hydrogen-bond donors (Lipinski definition) is 2. The summed E-state index contributed by atoms with van der Waals surface area (Å²) in [5, 5.41) is 6.59. The van der Waals surface area contributed by atoms with E-state index in [-0.39, 0.29) is 5.91 Å². The summed E-state index contributed by atoms with van der Waals surface area (Å²) in [6.07, 6.45) is 0. The first-order chi connectivity index (χ1) is 8.54. The Bertz CT molecular complexity index is 408. The van der Waals surface area contributed by atoms with Gasteiger partial charge in [0.1, 0.15) is 5.75 Å².